The highest BCUT2D eigenvalue weighted by atomic mass is 32.1. The van der Waals surface area contributed by atoms with Crippen LogP contribution in [0.3, 0.4) is 0 Å². The Kier molecular flexibility index (Phi) is 6.79. The van der Waals surface area contributed by atoms with Gasteiger partial charge < -0.3 is 9.80 Å². The van der Waals surface area contributed by atoms with Crippen molar-refractivity contribution in [1.29, 1.82) is 0 Å². The molecule has 0 bridgehead atoms. The van der Waals surface area contributed by atoms with E-state index in [9.17, 15) is 10.1 Å². The van der Waals surface area contributed by atoms with Crippen LogP contribution in [0.15, 0.2) is 21.3 Å². The highest BCUT2D eigenvalue weighted by Gasteiger charge is 2.20. The van der Waals surface area contributed by atoms with Crippen LogP contribution in [0, 0.1) is 10.1 Å². The minimum atomic E-state index is -0.430. The molecule has 1 rings (SSSR count). The average Bonchev–Trinajstić information content (AvgIpc) is 2.81. The van der Waals surface area contributed by atoms with Crippen LogP contribution in [0.25, 0.3) is 0 Å². The predicted octanol–water partition coefficient (Wildman–Crippen LogP) is 2.22. The van der Waals surface area contributed by atoms with Gasteiger partial charge in [0.1, 0.15) is 5.01 Å². The average molecular weight is 329 g/mol. The second-order valence-electron chi connectivity index (χ2n) is 4.80. The first-order valence-electron chi connectivity index (χ1n) is 6.39. The van der Waals surface area contributed by atoms with Gasteiger partial charge in [0.25, 0.3) is 5.70 Å². The molecule has 0 saturated heterocycles. The summed E-state index contributed by atoms with van der Waals surface area (Å²) in [5.74, 6) is 0.222. The fourth-order valence-corrected chi connectivity index (χ4v) is 2.94. The van der Waals surface area contributed by atoms with E-state index in [1.807, 2.05) is 24.4 Å². The molecule has 0 spiro atoms. The molecule has 21 heavy (non-hydrogen) atoms. The van der Waals surface area contributed by atoms with Gasteiger partial charge in [-0.2, -0.15) is 4.36 Å². The monoisotopic (exact) mass is 329 g/mol. The molecular formula is C12H19N5O2S2. The van der Waals surface area contributed by atoms with Gasteiger partial charge in [0.05, 0.1) is 17.2 Å². The van der Waals surface area contributed by atoms with Crippen LogP contribution in [-0.4, -0.2) is 40.9 Å². The van der Waals surface area contributed by atoms with E-state index in [1.54, 1.807) is 30.2 Å². The van der Waals surface area contributed by atoms with E-state index in [0.29, 0.717) is 6.54 Å². The smallest absolute Gasteiger partial charge is 0.289 e. The van der Waals surface area contributed by atoms with Gasteiger partial charge in [-0.05, 0) is 14.1 Å². The number of allylic oxidation sites excluding steroid dienone is 1. The third-order valence-corrected chi connectivity index (χ3v) is 3.77. The number of hydrogen-bond donors (Lipinski definition) is 0. The molecule has 0 aliphatic heterocycles. The molecular weight excluding hydrogens is 310 g/mol. The van der Waals surface area contributed by atoms with Crippen molar-refractivity contribution in [3.63, 3.8) is 0 Å². The van der Waals surface area contributed by atoms with E-state index >= 15 is 0 Å². The van der Waals surface area contributed by atoms with E-state index in [1.165, 1.54) is 0 Å². The maximum Gasteiger partial charge on any atom is 0.289 e. The molecule has 9 heteroatoms. The largest absolute Gasteiger partial charge is 0.348 e. The molecule has 0 radical (unpaired) electrons. The number of nitrogens with zero attached hydrogens (tertiary/aromatic N) is 5. The normalized spacial score (nSPS) is 12.2. The molecule has 0 aliphatic carbocycles. The molecule has 1 aromatic rings. The van der Waals surface area contributed by atoms with Crippen molar-refractivity contribution in [3.8, 4) is 0 Å². The molecule has 0 aliphatic rings. The van der Waals surface area contributed by atoms with Crippen LogP contribution >= 0.6 is 11.3 Å². The lowest BCUT2D eigenvalue weighted by Crippen LogP contribution is -2.20. The first-order chi connectivity index (χ1) is 9.88. The van der Waals surface area contributed by atoms with Crippen LogP contribution in [0.4, 0.5) is 0 Å². The SMILES string of the molecule is CCC(=C(N=S)N(C)Cc1csc(CN(C)C)n1)[N+](=O)[O-]. The summed E-state index contributed by atoms with van der Waals surface area (Å²) in [6.07, 6.45) is 0.274. The van der Waals surface area contributed by atoms with Crippen molar-refractivity contribution >= 4 is 23.8 Å². The molecule has 1 aromatic heterocycles. The molecule has 0 atom stereocenters. The maximum atomic E-state index is 11.0. The molecule has 0 amide bonds. The summed E-state index contributed by atoms with van der Waals surface area (Å²) in [6.45, 7) is 2.93. The molecule has 0 unspecified atom stereocenters. The molecule has 1 heterocycles. The minimum absolute atomic E-state index is 0.0243. The maximum absolute atomic E-state index is 11.0. The molecule has 116 valence electrons. The molecule has 7 nitrogen and oxygen atoms in total. The highest BCUT2D eigenvalue weighted by molar-refractivity contribution is 7.47. The summed E-state index contributed by atoms with van der Waals surface area (Å²) < 4.78 is 3.65. The highest BCUT2D eigenvalue weighted by Crippen LogP contribution is 2.18. The third-order valence-electron chi connectivity index (χ3n) is 2.71. The Morgan fingerprint density at radius 2 is 2.14 bits per heavy atom. The van der Waals surface area contributed by atoms with Crippen molar-refractivity contribution in [2.75, 3.05) is 21.1 Å². The zero-order valence-electron chi connectivity index (χ0n) is 12.6. The van der Waals surface area contributed by atoms with Crippen LogP contribution < -0.4 is 0 Å². The Labute approximate surface area is 133 Å². The number of aromatic nitrogens is 1. The van der Waals surface area contributed by atoms with E-state index in [-0.39, 0.29) is 17.9 Å². The Balaban J connectivity index is 2.88. The summed E-state index contributed by atoms with van der Waals surface area (Å²) in [5, 5.41) is 14.0. The van der Waals surface area contributed by atoms with Crippen LogP contribution in [0.2, 0.25) is 0 Å². The van der Waals surface area contributed by atoms with Crippen molar-refractivity contribution in [2.24, 2.45) is 4.36 Å². The van der Waals surface area contributed by atoms with Gasteiger partial charge in [-0.3, -0.25) is 10.1 Å². The Hall–Kier alpha value is -1.45. The lowest BCUT2D eigenvalue weighted by Gasteiger charge is -2.17. The van der Waals surface area contributed by atoms with Gasteiger partial charge in [-0.1, -0.05) is 6.92 Å². The van der Waals surface area contributed by atoms with Crippen molar-refractivity contribution in [2.45, 2.75) is 26.4 Å². The van der Waals surface area contributed by atoms with E-state index in [2.05, 4.69) is 21.8 Å². The van der Waals surface area contributed by atoms with Gasteiger partial charge in [0.2, 0.25) is 5.82 Å². The van der Waals surface area contributed by atoms with Gasteiger partial charge in [0, 0.05) is 37.8 Å². The fraction of sp³-hybridized carbons (Fsp3) is 0.583. The van der Waals surface area contributed by atoms with Crippen molar-refractivity contribution in [3.05, 3.63) is 37.7 Å². The van der Waals surface area contributed by atoms with Crippen LogP contribution in [0.5, 0.6) is 0 Å². The third kappa shape index (κ3) is 5.10. The summed E-state index contributed by atoms with van der Waals surface area (Å²) in [6, 6.07) is 0. The van der Waals surface area contributed by atoms with Crippen LogP contribution in [-0.2, 0) is 25.5 Å². The number of rotatable bonds is 8. The van der Waals surface area contributed by atoms with Crippen molar-refractivity contribution < 1.29 is 4.92 Å². The van der Waals surface area contributed by atoms with Crippen molar-refractivity contribution in [1.82, 2.24) is 14.8 Å². The Morgan fingerprint density at radius 1 is 1.48 bits per heavy atom. The molecule has 0 fully saturated rings. The molecule has 0 aromatic carbocycles. The zero-order valence-corrected chi connectivity index (χ0v) is 14.2. The van der Waals surface area contributed by atoms with E-state index in [0.717, 1.165) is 17.2 Å². The minimum Gasteiger partial charge on any atom is -0.348 e. The second kappa shape index (κ2) is 8.11. The lowest BCUT2D eigenvalue weighted by molar-refractivity contribution is -0.429. The topological polar surface area (TPSA) is 74.9 Å². The fourth-order valence-electron chi connectivity index (χ4n) is 1.79. The quantitative estimate of drug-likeness (QED) is 0.538. The summed E-state index contributed by atoms with van der Waals surface area (Å²) in [4.78, 5) is 18.8. The first kappa shape index (κ1) is 17.6. The van der Waals surface area contributed by atoms with Gasteiger partial charge in [-0.15, -0.1) is 11.3 Å². The lowest BCUT2D eigenvalue weighted by atomic mass is 10.3. The standard InChI is InChI=1S/C12H19N5O2S2/c1-5-10(17(18)19)12(14-20)16(4)6-9-8-21-11(13-9)7-15(2)3/h8H,5-7H2,1-4H3. The summed E-state index contributed by atoms with van der Waals surface area (Å²) >= 11 is 6.26. The predicted molar refractivity (Wildman–Crippen MR) is 85.1 cm³/mol. The van der Waals surface area contributed by atoms with Gasteiger partial charge in [0.15, 0.2) is 0 Å². The van der Waals surface area contributed by atoms with Gasteiger partial charge >= 0.3 is 0 Å². The Bertz CT molecular complexity index is 542. The zero-order chi connectivity index (χ0) is 16.0. The number of thiazole rings is 1. The second-order valence-corrected chi connectivity index (χ2v) is 5.92. The molecule has 0 N–H and O–H groups in total. The number of nitro groups is 1. The number of hydrogen-bond acceptors (Lipinski definition) is 8. The summed E-state index contributed by atoms with van der Waals surface area (Å²) in [7, 11) is 5.69. The molecule has 0 saturated carbocycles. The van der Waals surface area contributed by atoms with E-state index < -0.39 is 4.92 Å². The first-order valence-corrected chi connectivity index (χ1v) is 7.63. The van der Waals surface area contributed by atoms with Crippen LogP contribution in [0.1, 0.15) is 24.0 Å². The van der Waals surface area contributed by atoms with E-state index in [4.69, 9.17) is 0 Å². The summed E-state index contributed by atoms with van der Waals surface area (Å²) in [5.41, 5.74) is 0.880. The Morgan fingerprint density at radius 3 is 2.62 bits per heavy atom. The van der Waals surface area contributed by atoms with Gasteiger partial charge in [-0.25, -0.2) is 4.98 Å².